The number of carbonyl (C=O) groups excluding carboxylic acids is 2. The third kappa shape index (κ3) is 4.53. The topological polar surface area (TPSA) is 80.3 Å². The average Bonchev–Trinajstić information content (AvgIpc) is 3.70. The van der Waals surface area contributed by atoms with E-state index in [4.69, 9.17) is 4.74 Å². The lowest BCUT2D eigenvalue weighted by atomic mass is 10.0. The zero-order valence-electron chi connectivity index (χ0n) is 20.3. The maximum absolute atomic E-state index is 15.0. The average molecular weight is 523 g/mol. The first-order chi connectivity index (χ1) is 18.1. The van der Waals surface area contributed by atoms with E-state index in [1.165, 1.54) is 24.4 Å². The minimum atomic E-state index is -1.64. The van der Waals surface area contributed by atoms with Gasteiger partial charge in [-0.15, -0.1) is 0 Å². The van der Waals surface area contributed by atoms with E-state index in [1.807, 2.05) is 13.8 Å². The number of aryl methyl sites for hydroxylation is 2. The van der Waals surface area contributed by atoms with Crippen molar-refractivity contribution in [3.63, 3.8) is 0 Å². The van der Waals surface area contributed by atoms with Crippen LogP contribution in [0.3, 0.4) is 0 Å². The van der Waals surface area contributed by atoms with E-state index in [-0.39, 0.29) is 24.3 Å². The summed E-state index contributed by atoms with van der Waals surface area (Å²) in [5, 5.41) is 5.11. The van der Waals surface area contributed by atoms with Crippen LogP contribution in [-0.2, 0) is 9.59 Å². The van der Waals surface area contributed by atoms with Gasteiger partial charge in [-0.25, -0.2) is 13.2 Å². The third-order valence-corrected chi connectivity index (χ3v) is 6.62. The third-order valence-electron chi connectivity index (χ3n) is 6.62. The predicted molar refractivity (Wildman–Crippen MR) is 133 cm³/mol. The number of pyridine rings is 1. The second-order valence-corrected chi connectivity index (χ2v) is 9.23. The van der Waals surface area contributed by atoms with Gasteiger partial charge in [0.05, 0.1) is 11.2 Å². The molecule has 1 heterocycles. The molecule has 5 rings (SSSR count). The number of rotatable bonds is 6. The molecule has 1 fully saturated rings. The lowest BCUT2D eigenvalue weighted by molar-refractivity contribution is -0.131. The lowest BCUT2D eigenvalue weighted by Crippen LogP contribution is -2.36. The van der Waals surface area contributed by atoms with E-state index in [0.29, 0.717) is 17.0 Å². The predicted octanol–water partition coefficient (Wildman–Crippen LogP) is 6.56. The number of nitrogens with zero attached hydrogens (tertiary/aromatic N) is 1. The Kier molecular flexibility index (Phi) is 6.26. The zero-order chi connectivity index (χ0) is 27.2. The Balaban J connectivity index is 1.38. The van der Waals surface area contributed by atoms with Crippen LogP contribution >= 0.6 is 0 Å². The molecule has 0 unspecified atom stereocenters. The summed E-state index contributed by atoms with van der Waals surface area (Å²) in [5.41, 5.74) is 0.334. The zero-order valence-corrected chi connectivity index (χ0v) is 20.3. The number of benzene rings is 3. The molecule has 194 valence electrons. The summed E-state index contributed by atoms with van der Waals surface area (Å²) in [6, 6.07) is 10.5. The van der Waals surface area contributed by atoms with Crippen molar-refractivity contribution >= 4 is 34.1 Å². The highest BCUT2D eigenvalue weighted by molar-refractivity contribution is 6.17. The summed E-state index contributed by atoms with van der Waals surface area (Å²) in [7, 11) is 0. The summed E-state index contributed by atoms with van der Waals surface area (Å²) in [6.45, 7) is 3.75. The van der Waals surface area contributed by atoms with E-state index in [9.17, 15) is 27.2 Å². The molecular weight excluding hydrogens is 502 g/mol. The molecule has 1 aromatic heterocycles. The molecule has 38 heavy (non-hydrogen) atoms. The Labute approximate surface area is 214 Å². The SMILES string of the molecule is Cc1cc2nccc(Oc3c(F)cc(NC(=O)C4(C(=O)Nc5ccc(F)cc5)CC4)c(F)c3F)c2cc1C. The van der Waals surface area contributed by atoms with Gasteiger partial charge in [0.15, 0.2) is 11.6 Å². The van der Waals surface area contributed by atoms with Crippen molar-refractivity contribution in [1.29, 1.82) is 0 Å². The molecule has 2 N–H and O–H groups in total. The molecule has 4 aromatic rings. The fourth-order valence-electron chi connectivity index (χ4n) is 4.05. The molecule has 0 spiro atoms. The Morgan fingerprint density at radius 3 is 2.21 bits per heavy atom. The number of fused-ring (bicyclic) bond motifs is 1. The Morgan fingerprint density at radius 1 is 0.868 bits per heavy atom. The Hall–Kier alpha value is -4.47. The van der Waals surface area contributed by atoms with Crippen LogP contribution in [0.25, 0.3) is 10.9 Å². The quantitative estimate of drug-likeness (QED) is 0.171. The number of carbonyl (C=O) groups is 2. The van der Waals surface area contributed by atoms with Gasteiger partial charge in [0.1, 0.15) is 17.0 Å². The van der Waals surface area contributed by atoms with Crippen LogP contribution in [0.1, 0.15) is 24.0 Å². The van der Waals surface area contributed by atoms with Gasteiger partial charge in [-0.2, -0.15) is 4.39 Å². The second-order valence-electron chi connectivity index (χ2n) is 9.23. The molecule has 0 aliphatic heterocycles. The van der Waals surface area contributed by atoms with Crippen molar-refractivity contribution in [3.8, 4) is 11.5 Å². The van der Waals surface area contributed by atoms with Gasteiger partial charge < -0.3 is 15.4 Å². The maximum Gasteiger partial charge on any atom is 0.240 e. The fourth-order valence-corrected chi connectivity index (χ4v) is 4.05. The van der Waals surface area contributed by atoms with Gasteiger partial charge in [-0.1, -0.05) is 0 Å². The molecule has 0 atom stereocenters. The molecule has 10 heteroatoms. The van der Waals surface area contributed by atoms with Gasteiger partial charge in [0, 0.05) is 23.3 Å². The summed E-state index contributed by atoms with van der Waals surface area (Å²) >= 11 is 0. The number of ether oxygens (including phenoxy) is 1. The van der Waals surface area contributed by atoms with Crippen molar-refractivity contribution in [2.24, 2.45) is 5.41 Å². The highest BCUT2D eigenvalue weighted by Crippen LogP contribution is 2.48. The molecule has 3 aromatic carbocycles. The minimum absolute atomic E-state index is 0.0708. The van der Waals surface area contributed by atoms with Crippen LogP contribution in [0.15, 0.2) is 54.7 Å². The van der Waals surface area contributed by atoms with E-state index < -0.39 is 51.9 Å². The van der Waals surface area contributed by atoms with Gasteiger partial charge in [0.25, 0.3) is 0 Å². The van der Waals surface area contributed by atoms with Crippen molar-refractivity contribution in [2.45, 2.75) is 26.7 Å². The van der Waals surface area contributed by atoms with Crippen molar-refractivity contribution in [3.05, 3.63) is 89.1 Å². The molecule has 0 radical (unpaired) electrons. The number of hydrogen-bond acceptors (Lipinski definition) is 4. The monoisotopic (exact) mass is 523 g/mol. The number of nitrogens with one attached hydrogen (secondary N) is 2. The highest BCUT2D eigenvalue weighted by Gasteiger charge is 2.56. The van der Waals surface area contributed by atoms with Gasteiger partial charge in [-0.05, 0) is 80.3 Å². The van der Waals surface area contributed by atoms with Crippen molar-refractivity contribution in [1.82, 2.24) is 4.98 Å². The van der Waals surface area contributed by atoms with Gasteiger partial charge in [0.2, 0.25) is 23.4 Å². The van der Waals surface area contributed by atoms with Crippen molar-refractivity contribution < 1.29 is 31.9 Å². The number of halogens is 4. The molecule has 0 bridgehead atoms. The Morgan fingerprint density at radius 2 is 1.53 bits per heavy atom. The summed E-state index contributed by atoms with van der Waals surface area (Å²) < 4.78 is 63.4. The molecule has 2 amide bonds. The number of hydrogen-bond donors (Lipinski definition) is 2. The second kappa shape index (κ2) is 9.44. The van der Waals surface area contributed by atoms with E-state index in [1.54, 1.807) is 12.1 Å². The van der Waals surface area contributed by atoms with Gasteiger partial charge >= 0.3 is 0 Å². The van der Waals surface area contributed by atoms with Crippen molar-refractivity contribution in [2.75, 3.05) is 10.6 Å². The van der Waals surface area contributed by atoms with Gasteiger partial charge in [-0.3, -0.25) is 14.6 Å². The maximum atomic E-state index is 15.0. The van der Waals surface area contributed by atoms with Crippen LogP contribution in [0, 0.1) is 42.5 Å². The van der Waals surface area contributed by atoms with Crippen LogP contribution < -0.4 is 15.4 Å². The fraction of sp³-hybridized carbons (Fsp3) is 0.179. The number of aromatic nitrogens is 1. The molecule has 1 aliphatic carbocycles. The first-order valence-electron chi connectivity index (χ1n) is 11.7. The first kappa shape index (κ1) is 25.2. The van der Waals surface area contributed by atoms with Crippen LogP contribution in [-0.4, -0.2) is 16.8 Å². The van der Waals surface area contributed by atoms with E-state index in [2.05, 4.69) is 15.6 Å². The molecule has 1 aliphatic rings. The van der Waals surface area contributed by atoms with Crippen LogP contribution in [0.5, 0.6) is 11.5 Å². The molecule has 1 saturated carbocycles. The normalized spacial score (nSPS) is 13.7. The number of amides is 2. The highest BCUT2D eigenvalue weighted by atomic mass is 19.2. The minimum Gasteiger partial charge on any atom is -0.450 e. The number of anilines is 2. The summed E-state index contributed by atoms with van der Waals surface area (Å²) in [6.07, 6.45) is 1.70. The summed E-state index contributed by atoms with van der Waals surface area (Å²) in [5.74, 6) is -7.48. The van der Waals surface area contributed by atoms with E-state index in [0.717, 1.165) is 23.3 Å². The molecule has 6 nitrogen and oxygen atoms in total. The largest absolute Gasteiger partial charge is 0.450 e. The first-order valence-corrected chi connectivity index (χ1v) is 11.7. The standard InChI is InChI=1S/C28H21F4N3O3/c1-14-11-18-20(12-15(14)2)33-10-7-22(18)38-25-19(30)13-21(23(31)24(25)32)35-27(37)28(8-9-28)26(36)34-17-5-3-16(29)4-6-17/h3-7,10-13H,8-9H2,1-2H3,(H,34,36)(H,35,37). The molecule has 0 saturated heterocycles. The Bertz CT molecular complexity index is 1600. The molecular formula is C28H21F4N3O3. The summed E-state index contributed by atoms with van der Waals surface area (Å²) in [4.78, 5) is 29.8. The lowest BCUT2D eigenvalue weighted by Gasteiger charge is -2.17. The van der Waals surface area contributed by atoms with Crippen LogP contribution in [0.4, 0.5) is 28.9 Å². The van der Waals surface area contributed by atoms with E-state index >= 15 is 0 Å². The smallest absolute Gasteiger partial charge is 0.240 e. The van der Waals surface area contributed by atoms with Crippen LogP contribution in [0.2, 0.25) is 0 Å².